The van der Waals surface area contributed by atoms with Gasteiger partial charge in [0, 0.05) is 0 Å². The van der Waals surface area contributed by atoms with Crippen LogP contribution in [0.15, 0.2) is 42.5 Å². The molecule has 0 amide bonds. The monoisotopic (exact) mass is 795 g/mol. The standard InChI is InChI=1S/C25H42O4.C25H40O3/c1-2-3-4-5-6-7-8-9-10-11-12-13-14-15-16-17-23(26)21-18-19-24(27)22(20-21)25(28)29;1-2-3-4-5-6-7-8-9-10-11-12-13-14-15-16-17-18-22-19-20-24(26)23(21-22)25(27)28/h18-20,23,26-27H,2-17H2,1H3,(H,28,29);17-21,26H,2-16H2,1H3,(H,27,28). The summed E-state index contributed by atoms with van der Waals surface area (Å²) in [6.07, 6.45) is 43.7. The Bertz CT molecular complexity index is 1320. The normalized spacial score (nSPS) is 11.8. The first-order valence-electron chi connectivity index (χ1n) is 23.2. The second kappa shape index (κ2) is 35.8. The lowest BCUT2D eigenvalue weighted by Crippen LogP contribution is -2.02. The van der Waals surface area contributed by atoms with Crippen molar-refractivity contribution in [3.8, 4) is 11.5 Å². The number of phenols is 2. The predicted molar refractivity (Wildman–Crippen MR) is 239 cm³/mol. The largest absolute Gasteiger partial charge is 0.507 e. The number of carboxylic acids is 2. The van der Waals surface area contributed by atoms with Crippen LogP contribution in [0.2, 0.25) is 0 Å². The van der Waals surface area contributed by atoms with Crippen LogP contribution < -0.4 is 0 Å². The van der Waals surface area contributed by atoms with Gasteiger partial charge in [-0.1, -0.05) is 218 Å². The minimum absolute atomic E-state index is 0.0429. The molecule has 1 unspecified atom stereocenters. The summed E-state index contributed by atoms with van der Waals surface area (Å²) in [7, 11) is 0. The molecule has 7 nitrogen and oxygen atoms in total. The van der Waals surface area contributed by atoms with Gasteiger partial charge in [-0.2, -0.15) is 0 Å². The number of carboxylic acid groups (broad SMARTS) is 2. The maximum atomic E-state index is 11.1. The molecule has 1 atom stereocenters. The third-order valence-electron chi connectivity index (χ3n) is 11.0. The van der Waals surface area contributed by atoms with Crippen LogP contribution in [0.3, 0.4) is 0 Å². The highest BCUT2D eigenvalue weighted by molar-refractivity contribution is 5.91. The summed E-state index contributed by atoms with van der Waals surface area (Å²) < 4.78 is 0. The highest BCUT2D eigenvalue weighted by atomic mass is 16.4. The van der Waals surface area contributed by atoms with Crippen molar-refractivity contribution in [1.82, 2.24) is 0 Å². The summed E-state index contributed by atoms with van der Waals surface area (Å²) in [6.45, 7) is 4.53. The van der Waals surface area contributed by atoms with Gasteiger partial charge < -0.3 is 25.5 Å². The van der Waals surface area contributed by atoms with Gasteiger partial charge in [0.05, 0.1) is 6.10 Å². The van der Waals surface area contributed by atoms with Crippen molar-refractivity contribution in [1.29, 1.82) is 0 Å². The fraction of sp³-hybridized carbons (Fsp3) is 0.680. The molecule has 0 aliphatic heterocycles. The van der Waals surface area contributed by atoms with Gasteiger partial charge in [-0.15, -0.1) is 0 Å². The van der Waals surface area contributed by atoms with E-state index in [0.29, 0.717) is 12.0 Å². The van der Waals surface area contributed by atoms with Gasteiger partial charge in [-0.05, 0) is 54.7 Å². The van der Waals surface area contributed by atoms with Crippen LogP contribution in [0.5, 0.6) is 11.5 Å². The number of carbonyl (C=O) groups is 2. The van der Waals surface area contributed by atoms with E-state index in [1.165, 1.54) is 198 Å². The predicted octanol–water partition coefficient (Wildman–Crippen LogP) is 15.4. The zero-order chi connectivity index (χ0) is 41.8. The van der Waals surface area contributed by atoms with E-state index in [2.05, 4.69) is 19.9 Å². The van der Waals surface area contributed by atoms with Crippen molar-refractivity contribution in [2.24, 2.45) is 0 Å². The zero-order valence-corrected chi connectivity index (χ0v) is 36.2. The molecule has 2 aromatic carbocycles. The first-order chi connectivity index (χ1) is 27.7. The molecule has 324 valence electrons. The van der Waals surface area contributed by atoms with E-state index in [4.69, 9.17) is 10.2 Å². The van der Waals surface area contributed by atoms with Crippen LogP contribution in [-0.2, 0) is 0 Å². The molecule has 5 N–H and O–H groups in total. The number of unbranched alkanes of at least 4 members (excludes halogenated alkanes) is 28. The minimum atomic E-state index is -1.18. The molecule has 0 saturated heterocycles. The van der Waals surface area contributed by atoms with Crippen molar-refractivity contribution in [2.75, 3.05) is 0 Å². The van der Waals surface area contributed by atoms with E-state index in [-0.39, 0.29) is 22.6 Å². The van der Waals surface area contributed by atoms with Crippen LogP contribution in [-0.4, -0.2) is 37.5 Å². The third-order valence-corrected chi connectivity index (χ3v) is 11.0. The molecule has 0 aromatic heterocycles. The van der Waals surface area contributed by atoms with Crippen molar-refractivity contribution in [2.45, 2.75) is 219 Å². The molecule has 0 spiro atoms. The maximum Gasteiger partial charge on any atom is 0.339 e. The number of hydrogen-bond acceptors (Lipinski definition) is 5. The second-order valence-electron chi connectivity index (χ2n) is 16.2. The van der Waals surface area contributed by atoms with E-state index < -0.39 is 18.0 Å². The number of aliphatic hydroxyl groups excluding tert-OH is 1. The Balaban J connectivity index is 0.000000570. The third kappa shape index (κ3) is 27.9. The lowest BCUT2D eigenvalue weighted by Gasteiger charge is -2.12. The average molecular weight is 795 g/mol. The fourth-order valence-corrected chi connectivity index (χ4v) is 7.31. The fourth-order valence-electron chi connectivity index (χ4n) is 7.31. The van der Waals surface area contributed by atoms with Gasteiger partial charge in [0.2, 0.25) is 0 Å². The summed E-state index contributed by atoms with van der Waals surface area (Å²) in [5, 5.41) is 47.4. The number of aromatic hydroxyl groups is 2. The van der Waals surface area contributed by atoms with E-state index in [0.717, 1.165) is 24.8 Å². The Morgan fingerprint density at radius 2 is 0.842 bits per heavy atom. The molecule has 0 fully saturated rings. The highest BCUT2D eigenvalue weighted by Crippen LogP contribution is 2.26. The van der Waals surface area contributed by atoms with Gasteiger partial charge in [0.25, 0.3) is 0 Å². The van der Waals surface area contributed by atoms with Crippen LogP contribution in [0.25, 0.3) is 6.08 Å². The van der Waals surface area contributed by atoms with E-state index in [1.807, 2.05) is 6.08 Å². The number of aliphatic hydroxyl groups is 1. The van der Waals surface area contributed by atoms with E-state index in [1.54, 1.807) is 12.1 Å². The summed E-state index contributed by atoms with van der Waals surface area (Å²) in [6, 6.07) is 9.00. The van der Waals surface area contributed by atoms with Crippen molar-refractivity contribution in [3.63, 3.8) is 0 Å². The zero-order valence-electron chi connectivity index (χ0n) is 36.2. The summed E-state index contributed by atoms with van der Waals surface area (Å²) in [5.74, 6) is -2.72. The average Bonchev–Trinajstić information content (AvgIpc) is 3.19. The molecule has 0 bridgehead atoms. The van der Waals surface area contributed by atoms with Gasteiger partial charge in [-0.3, -0.25) is 0 Å². The molecule has 2 aromatic rings. The molecular weight excluding hydrogens is 713 g/mol. The van der Waals surface area contributed by atoms with Crippen LogP contribution in [0, 0.1) is 0 Å². The number of allylic oxidation sites excluding steroid dienone is 1. The Kier molecular flexibility index (Phi) is 32.5. The topological polar surface area (TPSA) is 135 Å². The maximum absolute atomic E-state index is 11.1. The summed E-state index contributed by atoms with van der Waals surface area (Å²) in [5.41, 5.74) is 1.18. The first-order valence-corrected chi connectivity index (χ1v) is 23.2. The summed E-state index contributed by atoms with van der Waals surface area (Å²) >= 11 is 0. The minimum Gasteiger partial charge on any atom is -0.507 e. The Morgan fingerprint density at radius 1 is 0.491 bits per heavy atom. The molecule has 0 radical (unpaired) electrons. The Labute approximate surface area is 347 Å². The van der Waals surface area contributed by atoms with Gasteiger partial charge in [0.15, 0.2) is 0 Å². The van der Waals surface area contributed by atoms with Crippen LogP contribution >= 0.6 is 0 Å². The second-order valence-corrected chi connectivity index (χ2v) is 16.2. The van der Waals surface area contributed by atoms with E-state index in [9.17, 15) is 24.9 Å². The lowest BCUT2D eigenvalue weighted by atomic mass is 9.99. The van der Waals surface area contributed by atoms with Gasteiger partial charge >= 0.3 is 11.9 Å². The smallest absolute Gasteiger partial charge is 0.339 e. The van der Waals surface area contributed by atoms with Crippen molar-refractivity contribution in [3.05, 3.63) is 64.7 Å². The lowest BCUT2D eigenvalue weighted by molar-refractivity contribution is 0.0682. The highest BCUT2D eigenvalue weighted by Gasteiger charge is 2.14. The molecule has 0 heterocycles. The van der Waals surface area contributed by atoms with Gasteiger partial charge in [-0.25, -0.2) is 9.59 Å². The SMILES string of the molecule is CCCCCCCCCCCCCCCCC=Cc1ccc(O)c(C(=O)O)c1.CCCCCCCCCCCCCCCCCC(O)c1ccc(O)c(C(=O)O)c1. The number of aromatic carboxylic acids is 2. The quantitative estimate of drug-likeness (QED) is 0.0438. The summed E-state index contributed by atoms with van der Waals surface area (Å²) in [4.78, 5) is 22.1. The molecular formula is C50H82O7. The first kappa shape index (κ1) is 51.7. The molecule has 57 heavy (non-hydrogen) atoms. The molecule has 0 saturated carbocycles. The van der Waals surface area contributed by atoms with E-state index >= 15 is 0 Å². The van der Waals surface area contributed by atoms with Gasteiger partial charge in [0.1, 0.15) is 22.6 Å². The Hall–Kier alpha value is -3.32. The Morgan fingerprint density at radius 3 is 1.25 bits per heavy atom. The molecule has 2 rings (SSSR count). The molecule has 0 aliphatic carbocycles. The van der Waals surface area contributed by atoms with Crippen molar-refractivity contribution >= 4 is 18.0 Å². The molecule has 0 aliphatic rings. The van der Waals surface area contributed by atoms with Crippen molar-refractivity contribution < 1.29 is 35.1 Å². The number of benzene rings is 2. The number of rotatable bonds is 35. The van der Waals surface area contributed by atoms with Crippen LogP contribution in [0.1, 0.15) is 251 Å². The number of hydrogen-bond donors (Lipinski definition) is 5. The molecule has 7 heteroatoms. The van der Waals surface area contributed by atoms with Crippen LogP contribution in [0.4, 0.5) is 0 Å².